The number of methoxy groups -OCH3 is 1. The molecule has 4 atom stereocenters. The van der Waals surface area contributed by atoms with Crippen molar-refractivity contribution in [2.75, 3.05) is 13.7 Å². The molecule has 11 nitrogen and oxygen atoms in total. The summed E-state index contributed by atoms with van der Waals surface area (Å²) in [6.07, 6.45) is -3.50. The average molecular weight is 512 g/mol. The first kappa shape index (κ1) is 26.1. The summed E-state index contributed by atoms with van der Waals surface area (Å²) in [5.41, 5.74) is 10.7. The molecule has 0 aliphatic carbocycles. The summed E-state index contributed by atoms with van der Waals surface area (Å²) in [5.74, 6) is 0. The molecule has 3 rings (SSSR count). The highest BCUT2D eigenvalue weighted by Crippen LogP contribution is 2.30. The van der Waals surface area contributed by atoms with E-state index in [0.29, 0.717) is 0 Å². The first-order valence-corrected chi connectivity index (χ1v) is 13.1. The molecule has 13 heteroatoms. The lowest BCUT2D eigenvalue weighted by molar-refractivity contribution is -0.217. The normalized spacial score (nSPS) is 23.3. The van der Waals surface area contributed by atoms with Gasteiger partial charge in [-0.05, 0) is 43.6 Å². The Kier molecular flexibility index (Phi) is 8.31. The molecule has 0 spiro atoms. The van der Waals surface area contributed by atoms with Crippen LogP contribution in [0, 0.1) is 13.8 Å². The van der Waals surface area contributed by atoms with E-state index in [9.17, 15) is 16.8 Å². The molecule has 184 valence electrons. The molecule has 1 saturated heterocycles. The number of benzene rings is 2. The molecule has 0 amide bonds. The van der Waals surface area contributed by atoms with Crippen molar-refractivity contribution in [1.82, 2.24) is 0 Å². The molecule has 0 aromatic heterocycles. The SMILES string of the molecule is COC1CC(N=[N+]=[N-])C(OS(=O)(=O)c2ccc(C)cc2)C(COS(=O)(=O)c2ccc(C)cc2)O1. The fourth-order valence-electron chi connectivity index (χ4n) is 3.33. The highest BCUT2D eigenvalue weighted by molar-refractivity contribution is 7.87. The third kappa shape index (κ3) is 6.33. The molecule has 1 heterocycles. The molecule has 2 aromatic rings. The van der Waals surface area contributed by atoms with E-state index < -0.39 is 51.4 Å². The molecule has 34 heavy (non-hydrogen) atoms. The second kappa shape index (κ2) is 10.8. The van der Waals surface area contributed by atoms with Crippen LogP contribution in [-0.2, 0) is 38.1 Å². The molecule has 0 saturated carbocycles. The van der Waals surface area contributed by atoms with Gasteiger partial charge in [0, 0.05) is 18.4 Å². The van der Waals surface area contributed by atoms with Crippen molar-refractivity contribution in [3.05, 3.63) is 70.1 Å². The topological polar surface area (TPSA) is 154 Å². The minimum atomic E-state index is -4.30. The molecule has 1 aliphatic rings. The quantitative estimate of drug-likeness (QED) is 0.215. The van der Waals surface area contributed by atoms with Crippen LogP contribution in [0.3, 0.4) is 0 Å². The lowest BCUT2D eigenvalue weighted by Gasteiger charge is -2.38. The average Bonchev–Trinajstić information content (AvgIpc) is 2.79. The van der Waals surface area contributed by atoms with Gasteiger partial charge in [-0.2, -0.15) is 16.8 Å². The van der Waals surface area contributed by atoms with Crippen LogP contribution in [-0.4, -0.2) is 55.1 Å². The van der Waals surface area contributed by atoms with Crippen LogP contribution in [0.15, 0.2) is 63.4 Å². The van der Waals surface area contributed by atoms with Crippen molar-refractivity contribution >= 4 is 20.2 Å². The second-order valence-corrected chi connectivity index (χ2v) is 10.9. The first-order chi connectivity index (χ1) is 16.1. The van der Waals surface area contributed by atoms with E-state index in [1.165, 1.54) is 31.4 Å². The van der Waals surface area contributed by atoms with Gasteiger partial charge in [0.1, 0.15) is 12.2 Å². The summed E-state index contributed by atoms with van der Waals surface area (Å²) < 4.78 is 72.6. The fraction of sp³-hybridized carbons (Fsp3) is 0.429. The Balaban J connectivity index is 1.88. The van der Waals surface area contributed by atoms with Crippen LogP contribution < -0.4 is 0 Å². The monoisotopic (exact) mass is 511 g/mol. The van der Waals surface area contributed by atoms with Crippen molar-refractivity contribution in [3.8, 4) is 0 Å². The van der Waals surface area contributed by atoms with Crippen LogP contribution >= 0.6 is 0 Å². The number of ether oxygens (including phenoxy) is 2. The first-order valence-electron chi connectivity index (χ1n) is 10.2. The molecule has 0 bridgehead atoms. The van der Waals surface area contributed by atoms with Crippen LogP contribution in [0.25, 0.3) is 10.4 Å². The molecule has 1 aliphatic heterocycles. The summed E-state index contributed by atoms with van der Waals surface area (Å²) in [6.45, 7) is 3.02. The Bertz CT molecular complexity index is 1240. The zero-order chi connectivity index (χ0) is 24.9. The number of nitrogens with zero attached hydrogens (tertiary/aromatic N) is 3. The Labute approximate surface area is 198 Å². The highest BCUT2D eigenvalue weighted by Gasteiger charge is 2.43. The van der Waals surface area contributed by atoms with Gasteiger partial charge < -0.3 is 9.47 Å². The van der Waals surface area contributed by atoms with Gasteiger partial charge in [-0.1, -0.05) is 40.5 Å². The van der Waals surface area contributed by atoms with Gasteiger partial charge in [-0.15, -0.1) is 0 Å². The number of aryl methyl sites for hydroxylation is 2. The maximum atomic E-state index is 12.9. The van der Waals surface area contributed by atoms with Crippen molar-refractivity contribution in [2.45, 2.75) is 54.6 Å². The van der Waals surface area contributed by atoms with Crippen molar-refractivity contribution in [3.63, 3.8) is 0 Å². The Morgan fingerprint density at radius 2 is 1.50 bits per heavy atom. The van der Waals surface area contributed by atoms with Gasteiger partial charge in [0.25, 0.3) is 20.2 Å². The van der Waals surface area contributed by atoms with Gasteiger partial charge in [-0.25, -0.2) is 0 Å². The Morgan fingerprint density at radius 1 is 0.971 bits per heavy atom. The Hall–Kier alpha value is -2.51. The van der Waals surface area contributed by atoms with Crippen LogP contribution in [0.1, 0.15) is 17.5 Å². The third-order valence-electron chi connectivity index (χ3n) is 5.21. The summed E-state index contributed by atoms with van der Waals surface area (Å²) in [4.78, 5) is 2.58. The smallest absolute Gasteiger partial charge is 0.297 e. The molecule has 0 N–H and O–H groups in total. The molecular formula is C21H25N3O8S2. The number of rotatable bonds is 9. The molecule has 0 radical (unpaired) electrons. The largest absolute Gasteiger partial charge is 0.356 e. The maximum Gasteiger partial charge on any atom is 0.297 e. The summed E-state index contributed by atoms with van der Waals surface area (Å²) in [6, 6.07) is 11.0. The number of hydrogen-bond donors (Lipinski definition) is 0. The van der Waals surface area contributed by atoms with Gasteiger partial charge in [0.2, 0.25) is 0 Å². The zero-order valence-corrected chi connectivity index (χ0v) is 20.4. The van der Waals surface area contributed by atoms with Gasteiger partial charge in [0.05, 0.1) is 22.4 Å². The third-order valence-corrected chi connectivity index (χ3v) is 7.83. The predicted octanol–water partition coefficient (Wildman–Crippen LogP) is 3.22. The summed E-state index contributed by atoms with van der Waals surface area (Å²) >= 11 is 0. The van der Waals surface area contributed by atoms with Gasteiger partial charge >= 0.3 is 0 Å². The number of hydrogen-bond acceptors (Lipinski definition) is 9. The molecule has 2 aromatic carbocycles. The van der Waals surface area contributed by atoms with E-state index in [2.05, 4.69) is 10.0 Å². The van der Waals surface area contributed by atoms with E-state index in [-0.39, 0.29) is 16.2 Å². The van der Waals surface area contributed by atoms with E-state index in [1.807, 2.05) is 6.92 Å². The van der Waals surface area contributed by atoms with E-state index in [4.69, 9.17) is 23.4 Å². The second-order valence-electron chi connectivity index (χ2n) is 7.73. The summed E-state index contributed by atoms with van der Waals surface area (Å²) in [5, 5.41) is 3.64. The fourth-order valence-corrected chi connectivity index (χ4v) is 5.38. The molecule has 4 unspecified atom stereocenters. The van der Waals surface area contributed by atoms with Crippen LogP contribution in [0.5, 0.6) is 0 Å². The van der Waals surface area contributed by atoms with Crippen molar-refractivity contribution in [1.29, 1.82) is 0 Å². The standard InChI is InChI=1S/C21H25N3O8S2/c1-14-4-8-16(9-5-14)33(25,26)30-13-19-21(18(23-24-22)12-20(29-3)31-19)32-34(27,28)17-10-6-15(2)7-11-17/h4-11,18-21H,12-13H2,1-3H3. The zero-order valence-electron chi connectivity index (χ0n) is 18.8. The molecular weight excluding hydrogens is 486 g/mol. The van der Waals surface area contributed by atoms with E-state index >= 15 is 0 Å². The van der Waals surface area contributed by atoms with Gasteiger partial charge in [0.15, 0.2) is 6.29 Å². The Morgan fingerprint density at radius 3 is 2.00 bits per heavy atom. The van der Waals surface area contributed by atoms with E-state index in [1.54, 1.807) is 31.2 Å². The van der Waals surface area contributed by atoms with E-state index in [0.717, 1.165) is 11.1 Å². The predicted molar refractivity (Wildman–Crippen MR) is 121 cm³/mol. The highest BCUT2D eigenvalue weighted by atomic mass is 32.2. The number of azide groups is 1. The summed E-state index contributed by atoms with van der Waals surface area (Å²) in [7, 11) is -7.14. The van der Waals surface area contributed by atoms with Crippen molar-refractivity contribution in [2.24, 2.45) is 5.11 Å². The lowest BCUT2D eigenvalue weighted by Crippen LogP contribution is -2.52. The minimum absolute atomic E-state index is 0.00411. The molecule has 1 fully saturated rings. The lowest BCUT2D eigenvalue weighted by atomic mass is 10.00. The van der Waals surface area contributed by atoms with Gasteiger partial charge in [-0.3, -0.25) is 8.37 Å². The van der Waals surface area contributed by atoms with Crippen LogP contribution in [0.2, 0.25) is 0 Å². The van der Waals surface area contributed by atoms with Crippen LogP contribution in [0.4, 0.5) is 0 Å². The minimum Gasteiger partial charge on any atom is -0.356 e. The maximum absolute atomic E-state index is 12.9. The van der Waals surface area contributed by atoms with Crippen molar-refractivity contribution < 1.29 is 34.7 Å².